The topological polar surface area (TPSA) is 244 Å². The molecular weight excluding hydrogens is 1560 g/mol. The summed E-state index contributed by atoms with van der Waals surface area (Å²) >= 11 is 58.6. The number of phenols is 1. The van der Waals surface area contributed by atoms with Crippen LogP contribution in [0.5, 0.6) is 51.7 Å². The van der Waals surface area contributed by atoms with Crippen LogP contribution in [0, 0.1) is 5.82 Å². The number of aromatic nitrogens is 2. The number of aliphatic hydroxyl groups is 1. The summed E-state index contributed by atoms with van der Waals surface area (Å²) < 4.78 is 44.8. The summed E-state index contributed by atoms with van der Waals surface area (Å²) in [6, 6.07) is 58.3. The molecule has 0 saturated carbocycles. The largest absolute Gasteiger partial charge is 0.508 e. The molecule has 0 radical (unpaired) electrons. The number of carbonyl (C=O) groups is 4. The number of methoxy groups -OCH3 is 2. The Morgan fingerprint density at radius 3 is 1.23 bits per heavy atom. The normalized spacial score (nSPS) is 9.98. The zero-order chi connectivity index (χ0) is 73.1. The molecule has 12 aromatic rings. The number of nitrogens with zero attached hydrogens (tertiary/aromatic N) is 3. The molecule has 10 aromatic carbocycles. The third-order valence-corrected chi connectivity index (χ3v) is 15.2. The molecule has 0 aliphatic carbocycles. The first-order valence-corrected chi connectivity index (χ1v) is 32.6. The van der Waals surface area contributed by atoms with Crippen molar-refractivity contribution in [1.82, 2.24) is 9.97 Å². The first kappa shape index (κ1) is 89.6. The summed E-state index contributed by atoms with van der Waals surface area (Å²) in [5.74, 6) is 2.57. The van der Waals surface area contributed by atoms with Crippen LogP contribution in [0.25, 0.3) is 38.3 Å². The molecule has 0 aliphatic rings. The van der Waals surface area contributed by atoms with Crippen LogP contribution < -0.4 is 18.9 Å². The fourth-order valence-corrected chi connectivity index (χ4v) is 10.2. The van der Waals surface area contributed by atoms with Gasteiger partial charge >= 0.3 is 11.9 Å². The lowest BCUT2D eigenvalue weighted by molar-refractivity contribution is -0.136. The maximum absolute atomic E-state index is 12.5. The summed E-state index contributed by atoms with van der Waals surface area (Å²) in [6.07, 6.45) is 2.52. The highest BCUT2D eigenvalue weighted by molar-refractivity contribution is 6.34. The Morgan fingerprint density at radius 1 is 0.457 bits per heavy atom. The van der Waals surface area contributed by atoms with E-state index in [9.17, 15) is 28.7 Å². The number of carbonyl (C=O) groups excluding carboxylic acids is 4. The van der Waals surface area contributed by atoms with E-state index in [1.165, 1.54) is 38.5 Å². The molecule has 2 aromatic heterocycles. The number of hydrogen-bond acceptors (Lipinski definition) is 13. The van der Waals surface area contributed by atoms with Gasteiger partial charge in [-0.25, -0.2) is 14.0 Å². The van der Waals surface area contributed by atoms with Crippen molar-refractivity contribution in [2.45, 2.75) is 36.3 Å². The maximum atomic E-state index is 12.5. The average molecular weight is 1630 g/mol. The first-order chi connectivity index (χ1) is 48.5. The van der Waals surface area contributed by atoms with Crippen LogP contribution in [0.2, 0.25) is 50.2 Å². The van der Waals surface area contributed by atoms with Gasteiger partial charge in [-0.3, -0.25) is 9.59 Å². The van der Waals surface area contributed by atoms with Crippen molar-refractivity contribution >= 4 is 168 Å². The lowest BCUT2D eigenvalue weighted by Crippen LogP contribution is -2.02. The number of esters is 2. The Labute approximate surface area is 655 Å². The Balaban J connectivity index is 0.000000334. The second-order valence-corrected chi connectivity index (χ2v) is 24.4. The molecule has 105 heavy (non-hydrogen) atoms. The lowest BCUT2D eigenvalue weighted by Gasteiger charge is -2.10. The summed E-state index contributed by atoms with van der Waals surface area (Å²) in [7, 11) is 2.51. The van der Waals surface area contributed by atoms with Gasteiger partial charge in [0, 0.05) is 101 Å². The number of aromatic hydroxyl groups is 1. The number of H-pyrrole nitrogens is 2. The molecule has 4 N–H and O–H groups in total. The van der Waals surface area contributed by atoms with Crippen molar-refractivity contribution in [2.24, 2.45) is 5.11 Å². The lowest BCUT2D eigenvalue weighted by atomic mass is 10.1. The van der Waals surface area contributed by atoms with E-state index in [0.717, 1.165) is 28.6 Å². The van der Waals surface area contributed by atoms with Crippen molar-refractivity contribution in [2.75, 3.05) is 14.2 Å². The SMILES string of the molecule is C.C.C.C.COC(=O)/C(=C/c1ccc(Cl)cc1Oc1cccc(Cl)c1)N=[N+]=[N-].COC(=O)c1cc2c(Oc3cccc(Cl)c3)cc(Cl)cc2[nH]1.O=Cc1ccc(Cl)cc1F.O=Cc1ccc(Cl)cc1Oc1cccc(Cl)c1.OCc1cc2c(Oc3cccc(Cl)c3)cc(Cl)cc2[nH]1.Oc1cccc(Cl)c1. The van der Waals surface area contributed by atoms with Crippen LogP contribution in [-0.2, 0) is 20.9 Å². The number of aliphatic hydroxyl groups excluding tert-OH is 1. The minimum atomic E-state index is -0.767. The van der Waals surface area contributed by atoms with Gasteiger partial charge in [-0.1, -0.05) is 181 Å². The molecule has 17 nitrogen and oxygen atoms in total. The highest BCUT2D eigenvalue weighted by atomic mass is 35.5. The van der Waals surface area contributed by atoms with Gasteiger partial charge in [0.05, 0.1) is 43.0 Å². The monoisotopic (exact) mass is 1620 g/mol. The number of benzene rings is 10. The number of azide groups is 1. The van der Waals surface area contributed by atoms with E-state index < -0.39 is 17.8 Å². The quantitative estimate of drug-likeness (QED) is 0.0187. The summed E-state index contributed by atoms with van der Waals surface area (Å²) in [5.41, 5.74) is 11.9. The van der Waals surface area contributed by atoms with Gasteiger partial charge in [0.2, 0.25) is 0 Å². The fraction of sp³-hybridized carbons (Fsp3) is 0.0909. The van der Waals surface area contributed by atoms with E-state index in [0.29, 0.717) is 131 Å². The van der Waals surface area contributed by atoms with Crippen LogP contribution in [-0.4, -0.2) is 58.9 Å². The number of halogens is 11. The van der Waals surface area contributed by atoms with Crippen molar-refractivity contribution in [3.8, 4) is 51.7 Å². The fourth-order valence-electron chi connectivity index (χ4n) is 8.41. The van der Waals surface area contributed by atoms with Crippen molar-refractivity contribution in [3.05, 3.63) is 313 Å². The number of phenolic OH excluding ortho intramolecular Hbond substituents is 1. The highest BCUT2D eigenvalue weighted by Gasteiger charge is 2.17. The second-order valence-electron chi connectivity index (χ2n) is 20.1. The van der Waals surface area contributed by atoms with E-state index in [1.807, 2.05) is 18.2 Å². The van der Waals surface area contributed by atoms with Gasteiger partial charge in [-0.15, -0.1) is 0 Å². The first-order valence-electron chi connectivity index (χ1n) is 28.8. The number of nitrogens with one attached hydrogen (secondary N) is 2. The third kappa shape index (κ3) is 28.4. The van der Waals surface area contributed by atoms with Crippen LogP contribution in [0.15, 0.2) is 223 Å². The predicted octanol–water partition coefficient (Wildman–Crippen LogP) is 26.9. The standard InChI is InChI=1S/C16H11Cl2N3O3.C16H11Cl2NO3.C15H11Cl2NO2.C13H8Cl2O2.C7H4ClFO.C6H5ClO.4CH4/c1-23-16(22)14(20-21-19)7-10-5-6-12(18)9-15(10)24-13-4-2-3-11(17)8-13;1-21-16(20)14-8-12-13(19-14)6-10(18)7-15(12)22-11-4-2-3-9(17)5-11;16-9-2-1-3-12(4-9)20-15-6-10(17)5-14-13(15)7-11(8-19)18-14;14-10-2-1-3-12(6-10)17-13-7-11(15)5-4-9(13)8-16;8-6-2-1-5(4-10)7(9)3-6;7-5-2-1-3-6(8)4-5;;;;/h2-9H,1H3;2-8,19H,1H3;1-7,18-19H,8H2;1-8H;1-4H;1-4,8H;4*1H4/b14-7-;;;;;;;;;. The maximum Gasteiger partial charge on any atom is 0.354 e. The van der Waals surface area contributed by atoms with E-state index in [4.69, 9.17) is 150 Å². The van der Waals surface area contributed by atoms with Crippen LogP contribution in [0.4, 0.5) is 4.39 Å². The van der Waals surface area contributed by atoms with Crippen LogP contribution in [0.1, 0.15) is 72.2 Å². The van der Waals surface area contributed by atoms with Gasteiger partial charge in [-0.05, 0) is 169 Å². The number of rotatable bonds is 15. The molecule has 548 valence electrons. The zero-order valence-electron chi connectivity index (χ0n) is 52.1. The van der Waals surface area contributed by atoms with Crippen molar-refractivity contribution < 1.29 is 62.2 Å². The Kier molecular flexibility index (Phi) is 38.3. The molecule has 0 bridgehead atoms. The molecule has 12 rings (SSSR count). The predicted molar refractivity (Wildman–Crippen MR) is 424 cm³/mol. The van der Waals surface area contributed by atoms with Gasteiger partial charge in [0.1, 0.15) is 69.0 Å². The molecular formula is C77H66Cl10FN5O12. The number of aldehydes is 2. The van der Waals surface area contributed by atoms with Gasteiger partial charge in [-0.2, -0.15) is 0 Å². The minimum Gasteiger partial charge on any atom is -0.508 e. The summed E-state index contributed by atoms with van der Waals surface area (Å²) in [6.45, 7) is -0.0666. The Morgan fingerprint density at radius 2 is 0.838 bits per heavy atom. The zero-order valence-corrected chi connectivity index (χ0v) is 59.7. The van der Waals surface area contributed by atoms with E-state index in [2.05, 4.69) is 24.7 Å². The number of hydrogen-bond donors (Lipinski definition) is 4. The Bertz CT molecular complexity index is 4980. The molecule has 0 fully saturated rings. The van der Waals surface area contributed by atoms with Crippen LogP contribution in [0.3, 0.4) is 0 Å². The van der Waals surface area contributed by atoms with Crippen LogP contribution >= 0.6 is 116 Å². The van der Waals surface area contributed by atoms with Gasteiger partial charge < -0.3 is 48.6 Å². The molecule has 2 heterocycles. The second kappa shape index (κ2) is 44.9. The molecule has 0 aliphatic heterocycles. The molecule has 0 unspecified atom stereocenters. The summed E-state index contributed by atoms with van der Waals surface area (Å²) in [4.78, 5) is 52.8. The van der Waals surface area contributed by atoms with E-state index >= 15 is 0 Å². The van der Waals surface area contributed by atoms with E-state index in [-0.39, 0.29) is 53.3 Å². The average Bonchev–Trinajstić information content (AvgIpc) is 1.67. The molecule has 0 saturated heterocycles. The van der Waals surface area contributed by atoms with Crippen molar-refractivity contribution in [3.63, 3.8) is 0 Å². The molecule has 0 amide bonds. The third-order valence-electron chi connectivity index (χ3n) is 12.9. The number of aromatic amines is 2. The smallest absolute Gasteiger partial charge is 0.354 e. The number of fused-ring (bicyclic) bond motifs is 2. The van der Waals surface area contributed by atoms with Gasteiger partial charge in [0.15, 0.2) is 12.6 Å². The minimum absolute atomic E-state index is 0. The van der Waals surface area contributed by atoms with Crippen molar-refractivity contribution in [1.29, 1.82) is 0 Å². The Hall–Kier alpha value is -9.60. The molecule has 28 heteroatoms. The highest BCUT2D eigenvalue weighted by Crippen LogP contribution is 2.38. The van der Waals surface area contributed by atoms with E-state index in [1.54, 1.807) is 170 Å². The van der Waals surface area contributed by atoms with Gasteiger partial charge in [0.25, 0.3) is 0 Å². The molecule has 0 atom stereocenters. The number of ether oxygens (including phenoxy) is 6. The molecule has 0 spiro atoms. The summed E-state index contributed by atoms with van der Waals surface area (Å²) in [5, 5.41) is 27.9.